The van der Waals surface area contributed by atoms with Gasteiger partial charge in [0.25, 0.3) is 0 Å². The molecule has 0 amide bonds. The van der Waals surface area contributed by atoms with Crippen molar-refractivity contribution in [2.24, 2.45) is 0 Å². The van der Waals surface area contributed by atoms with E-state index < -0.39 is 0 Å². The topological polar surface area (TPSA) is 35.5 Å². The van der Waals surface area contributed by atoms with Crippen molar-refractivity contribution in [3.05, 3.63) is 28.8 Å². The number of benzene rings is 1. The second kappa shape index (κ2) is 5.33. The number of aldehydes is 1. The summed E-state index contributed by atoms with van der Waals surface area (Å²) in [5.74, 6) is 0.874. The molecule has 1 aromatic carbocycles. The summed E-state index contributed by atoms with van der Waals surface area (Å²) < 4.78 is 11.8. The standard InChI is InChI=1S/C16H22O3/c1-11-7-13(9-17)8-12(2)15(11)18-10-14-5-6-16(3,4)19-14/h7-9,14H,5-6,10H2,1-4H3. The van der Waals surface area contributed by atoms with E-state index >= 15 is 0 Å². The molecule has 0 saturated carbocycles. The molecule has 1 aliphatic heterocycles. The Morgan fingerprint density at radius 3 is 2.47 bits per heavy atom. The zero-order valence-electron chi connectivity index (χ0n) is 12.2. The quantitative estimate of drug-likeness (QED) is 0.780. The molecule has 2 rings (SSSR count). The Bertz CT molecular complexity index is 454. The summed E-state index contributed by atoms with van der Waals surface area (Å²) in [5.41, 5.74) is 2.67. The van der Waals surface area contributed by atoms with Crippen molar-refractivity contribution in [1.82, 2.24) is 0 Å². The van der Waals surface area contributed by atoms with Crippen LogP contribution in [0.15, 0.2) is 12.1 Å². The largest absolute Gasteiger partial charge is 0.490 e. The highest BCUT2D eigenvalue weighted by molar-refractivity contribution is 5.76. The molecule has 1 unspecified atom stereocenters. The van der Waals surface area contributed by atoms with Crippen LogP contribution < -0.4 is 4.74 Å². The molecule has 0 N–H and O–H groups in total. The Morgan fingerprint density at radius 2 is 2.00 bits per heavy atom. The summed E-state index contributed by atoms with van der Waals surface area (Å²) >= 11 is 0. The molecular weight excluding hydrogens is 240 g/mol. The van der Waals surface area contributed by atoms with E-state index in [1.807, 2.05) is 26.0 Å². The van der Waals surface area contributed by atoms with E-state index in [9.17, 15) is 4.79 Å². The van der Waals surface area contributed by atoms with Crippen LogP contribution in [0.5, 0.6) is 5.75 Å². The van der Waals surface area contributed by atoms with Gasteiger partial charge in [-0.25, -0.2) is 0 Å². The first kappa shape index (κ1) is 14.1. The summed E-state index contributed by atoms with van der Waals surface area (Å²) in [6.07, 6.45) is 3.15. The van der Waals surface area contributed by atoms with E-state index in [0.717, 1.165) is 36.0 Å². The van der Waals surface area contributed by atoms with Crippen molar-refractivity contribution in [3.8, 4) is 5.75 Å². The number of carbonyl (C=O) groups excluding carboxylic acids is 1. The number of aryl methyl sites for hydroxylation is 2. The second-order valence-electron chi connectivity index (χ2n) is 5.95. The van der Waals surface area contributed by atoms with E-state index in [0.29, 0.717) is 12.2 Å². The number of hydrogen-bond acceptors (Lipinski definition) is 3. The highest BCUT2D eigenvalue weighted by Crippen LogP contribution is 2.31. The number of hydrogen-bond donors (Lipinski definition) is 0. The van der Waals surface area contributed by atoms with Crippen molar-refractivity contribution in [1.29, 1.82) is 0 Å². The average molecular weight is 262 g/mol. The summed E-state index contributed by atoms with van der Waals surface area (Å²) in [7, 11) is 0. The van der Waals surface area contributed by atoms with Gasteiger partial charge in [0.2, 0.25) is 0 Å². The van der Waals surface area contributed by atoms with E-state index in [1.165, 1.54) is 0 Å². The van der Waals surface area contributed by atoms with Gasteiger partial charge in [-0.3, -0.25) is 4.79 Å². The average Bonchev–Trinajstić information content (AvgIpc) is 2.67. The first-order valence-electron chi connectivity index (χ1n) is 6.78. The second-order valence-corrected chi connectivity index (χ2v) is 5.95. The zero-order chi connectivity index (χ0) is 14.0. The zero-order valence-corrected chi connectivity index (χ0v) is 12.2. The molecule has 3 heteroatoms. The lowest BCUT2D eigenvalue weighted by molar-refractivity contribution is -0.0328. The highest BCUT2D eigenvalue weighted by Gasteiger charge is 2.32. The summed E-state index contributed by atoms with van der Waals surface area (Å²) in [5, 5.41) is 0. The molecule has 1 fully saturated rings. The Kier molecular flexibility index (Phi) is 3.95. The highest BCUT2D eigenvalue weighted by atomic mass is 16.6. The minimum atomic E-state index is -0.0283. The predicted octanol–water partition coefficient (Wildman–Crippen LogP) is 3.45. The van der Waals surface area contributed by atoms with Gasteiger partial charge in [0.15, 0.2) is 0 Å². The Balaban J connectivity index is 2.02. The Hall–Kier alpha value is -1.35. The normalized spacial score (nSPS) is 21.4. The van der Waals surface area contributed by atoms with Crippen molar-refractivity contribution in [2.75, 3.05) is 6.61 Å². The fourth-order valence-electron chi connectivity index (χ4n) is 2.65. The lowest BCUT2D eigenvalue weighted by Crippen LogP contribution is -2.24. The molecule has 1 heterocycles. The first-order valence-corrected chi connectivity index (χ1v) is 6.78. The van der Waals surface area contributed by atoms with Crippen molar-refractivity contribution < 1.29 is 14.3 Å². The SMILES string of the molecule is Cc1cc(C=O)cc(C)c1OCC1CCC(C)(C)O1. The maximum atomic E-state index is 10.8. The molecule has 1 atom stereocenters. The monoisotopic (exact) mass is 262 g/mol. The Labute approximate surface area is 114 Å². The summed E-state index contributed by atoms with van der Waals surface area (Å²) in [6.45, 7) is 8.74. The number of ether oxygens (including phenoxy) is 2. The van der Waals surface area contributed by atoms with Gasteiger partial charge < -0.3 is 9.47 Å². The van der Waals surface area contributed by atoms with Gasteiger partial charge in [0.1, 0.15) is 18.6 Å². The number of carbonyl (C=O) groups is 1. The van der Waals surface area contributed by atoms with Gasteiger partial charge in [-0.15, -0.1) is 0 Å². The third-order valence-corrected chi connectivity index (χ3v) is 3.59. The lowest BCUT2D eigenvalue weighted by atomic mass is 10.1. The predicted molar refractivity (Wildman–Crippen MR) is 75.0 cm³/mol. The minimum Gasteiger partial charge on any atom is -0.490 e. The first-order chi connectivity index (χ1) is 8.91. The van der Waals surface area contributed by atoms with Crippen LogP contribution in [0.1, 0.15) is 48.2 Å². The summed E-state index contributed by atoms with van der Waals surface area (Å²) in [6, 6.07) is 3.71. The van der Waals surface area contributed by atoms with E-state index in [1.54, 1.807) is 0 Å². The van der Waals surface area contributed by atoms with Crippen LogP contribution in [-0.2, 0) is 4.74 Å². The molecule has 1 aromatic rings. The van der Waals surface area contributed by atoms with E-state index in [-0.39, 0.29) is 11.7 Å². The molecule has 0 aliphatic carbocycles. The van der Waals surface area contributed by atoms with Gasteiger partial charge >= 0.3 is 0 Å². The van der Waals surface area contributed by atoms with E-state index in [4.69, 9.17) is 9.47 Å². The van der Waals surface area contributed by atoms with E-state index in [2.05, 4.69) is 13.8 Å². The van der Waals surface area contributed by atoms with Crippen molar-refractivity contribution >= 4 is 6.29 Å². The fraction of sp³-hybridized carbons (Fsp3) is 0.562. The maximum Gasteiger partial charge on any atom is 0.150 e. The van der Waals surface area contributed by atoms with Crippen LogP contribution in [0.3, 0.4) is 0 Å². The molecule has 0 spiro atoms. The van der Waals surface area contributed by atoms with Gasteiger partial charge in [-0.05, 0) is 63.8 Å². The van der Waals surface area contributed by atoms with Crippen LogP contribution in [0.25, 0.3) is 0 Å². The van der Waals surface area contributed by atoms with Gasteiger partial charge in [-0.1, -0.05) is 0 Å². The Morgan fingerprint density at radius 1 is 1.37 bits per heavy atom. The van der Waals surface area contributed by atoms with Crippen molar-refractivity contribution in [3.63, 3.8) is 0 Å². The molecule has 1 aliphatic rings. The number of rotatable bonds is 4. The van der Waals surface area contributed by atoms with Crippen LogP contribution in [0.4, 0.5) is 0 Å². The third kappa shape index (κ3) is 3.35. The molecular formula is C16H22O3. The lowest BCUT2D eigenvalue weighted by Gasteiger charge is -2.20. The van der Waals surface area contributed by atoms with Gasteiger partial charge in [0.05, 0.1) is 11.7 Å². The van der Waals surface area contributed by atoms with Gasteiger partial charge in [0, 0.05) is 5.56 Å². The van der Waals surface area contributed by atoms with Crippen LogP contribution in [0.2, 0.25) is 0 Å². The molecule has 1 saturated heterocycles. The van der Waals surface area contributed by atoms with Crippen LogP contribution in [0, 0.1) is 13.8 Å². The maximum absolute atomic E-state index is 10.8. The minimum absolute atomic E-state index is 0.0283. The smallest absolute Gasteiger partial charge is 0.150 e. The molecule has 0 bridgehead atoms. The third-order valence-electron chi connectivity index (χ3n) is 3.59. The molecule has 0 radical (unpaired) electrons. The van der Waals surface area contributed by atoms with Crippen LogP contribution in [-0.4, -0.2) is 24.6 Å². The molecule has 3 nitrogen and oxygen atoms in total. The fourth-order valence-corrected chi connectivity index (χ4v) is 2.65. The molecule has 19 heavy (non-hydrogen) atoms. The van der Waals surface area contributed by atoms with Crippen molar-refractivity contribution in [2.45, 2.75) is 52.2 Å². The van der Waals surface area contributed by atoms with Gasteiger partial charge in [-0.2, -0.15) is 0 Å². The summed E-state index contributed by atoms with van der Waals surface area (Å²) in [4.78, 5) is 10.8. The van der Waals surface area contributed by atoms with Crippen LogP contribution >= 0.6 is 0 Å². The molecule has 0 aromatic heterocycles. The molecule has 104 valence electrons.